The van der Waals surface area contributed by atoms with Crippen molar-refractivity contribution in [2.24, 2.45) is 0 Å². The number of ether oxygens (including phenoxy) is 2. The van der Waals surface area contributed by atoms with Gasteiger partial charge in [-0.05, 0) is 47.5 Å². The summed E-state index contributed by atoms with van der Waals surface area (Å²) in [6.45, 7) is 0.150. The van der Waals surface area contributed by atoms with Gasteiger partial charge in [0.2, 0.25) is 0 Å². The van der Waals surface area contributed by atoms with E-state index in [1.54, 1.807) is 75.1 Å². The summed E-state index contributed by atoms with van der Waals surface area (Å²) in [7, 11) is 3.13. The second-order valence-corrected chi connectivity index (χ2v) is 6.86. The lowest BCUT2D eigenvalue weighted by molar-refractivity contribution is -0.137. The fraction of sp³-hybridized carbons (Fsp3) is 0.125. The van der Waals surface area contributed by atoms with Crippen LogP contribution in [0.4, 0.5) is 5.69 Å². The molecule has 0 radical (unpaired) electrons. The second kappa shape index (κ2) is 8.71. The van der Waals surface area contributed by atoms with E-state index in [1.807, 2.05) is 12.1 Å². The van der Waals surface area contributed by atoms with Crippen LogP contribution in [-0.4, -0.2) is 35.9 Å². The van der Waals surface area contributed by atoms with Crippen LogP contribution in [0.2, 0.25) is 0 Å². The standard InChI is InChI=1S/C24H21N3O4/c1-30-18-9-7-17(8-10-18)21-22(26-19-5-3-4-6-20(19)31-2)24(29)27(23(21)28)15-16-11-13-25-14-12-16/h3-14,26H,15H2,1-2H3. The first-order valence-electron chi connectivity index (χ1n) is 9.66. The molecule has 0 saturated heterocycles. The van der Waals surface area contributed by atoms with Gasteiger partial charge in [-0.15, -0.1) is 0 Å². The maximum atomic E-state index is 13.4. The molecule has 1 N–H and O–H groups in total. The Kier molecular flexibility index (Phi) is 5.66. The molecule has 0 bridgehead atoms. The van der Waals surface area contributed by atoms with Crippen LogP contribution < -0.4 is 14.8 Å². The molecule has 1 aliphatic rings. The maximum Gasteiger partial charge on any atom is 0.278 e. The van der Waals surface area contributed by atoms with Crippen molar-refractivity contribution in [2.45, 2.75) is 6.54 Å². The number of para-hydroxylation sites is 2. The number of carbonyl (C=O) groups excluding carboxylic acids is 2. The number of amides is 2. The number of aromatic nitrogens is 1. The van der Waals surface area contributed by atoms with Gasteiger partial charge in [-0.1, -0.05) is 24.3 Å². The molecule has 0 atom stereocenters. The van der Waals surface area contributed by atoms with Crippen molar-refractivity contribution in [3.05, 3.63) is 89.9 Å². The van der Waals surface area contributed by atoms with Crippen molar-refractivity contribution >= 4 is 23.1 Å². The van der Waals surface area contributed by atoms with Gasteiger partial charge in [0.25, 0.3) is 11.8 Å². The van der Waals surface area contributed by atoms with Crippen LogP contribution >= 0.6 is 0 Å². The Morgan fingerprint density at radius 2 is 1.58 bits per heavy atom. The maximum absolute atomic E-state index is 13.4. The molecule has 2 heterocycles. The van der Waals surface area contributed by atoms with Gasteiger partial charge in [-0.2, -0.15) is 0 Å². The second-order valence-electron chi connectivity index (χ2n) is 6.86. The first-order chi connectivity index (χ1) is 15.1. The minimum absolute atomic E-state index is 0.150. The average Bonchev–Trinajstić information content (AvgIpc) is 3.04. The van der Waals surface area contributed by atoms with Gasteiger partial charge in [0.1, 0.15) is 17.2 Å². The molecule has 4 rings (SSSR count). The number of benzene rings is 2. The van der Waals surface area contributed by atoms with Gasteiger partial charge >= 0.3 is 0 Å². The van der Waals surface area contributed by atoms with E-state index in [-0.39, 0.29) is 18.1 Å². The van der Waals surface area contributed by atoms with Gasteiger partial charge in [0, 0.05) is 12.4 Å². The zero-order valence-corrected chi connectivity index (χ0v) is 17.2. The molecule has 1 aliphatic heterocycles. The van der Waals surface area contributed by atoms with E-state index >= 15 is 0 Å². The number of rotatable bonds is 7. The molecule has 0 spiro atoms. The van der Waals surface area contributed by atoms with Gasteiger partial charge < -0.3 is 14.8 Å². The van der Waals surface area contributed by atoms with E-state index in [1.165, 1.54) is 4.90 Å². The van der Waals surface area contributed by atoms with Crippen molar-refractivity contribution in [1.29, 1.82) is 0 Å². The quantitative estimate of drug-likeness (QED) is 0.595. The van der Waals surface area contributed by atoms with E-state index < -0.39 is 5.91 Å². The third kappa shape index (κ3) is 3.98. The summed E-state index contributed by atoms with van der Waals surface area (Å²) in [6.07, 6.45) is 3.26. The average molecular weight is 415 g/mol. The topological polar surface area (TPSA) is 80.8 Å². The summed E-state index contributed by atoms with van der Waals surface area (Å²) in [5, 5.41) is 3.13. The zero-order chi connectivity index (χ0) is 21.8. The molecule has 7 heteroatoms. The van der Waals surface area contributed by atoms with E-state index in [2.05, 4.69) is 10.3 Å². The Morgan fingerprint density at radius 1 is 0.871 bits per heavy atom. The predicted molar refractivity (Wildman–Crippen MR) is 116 cm³/mol. The number of methoxy groups -OCH3 is 2. The lowest BCUT2D eigenvalue weighted by atomic mass is 10.0. The monoisotopic (exact) mass is 415 g/mol. The highest BCUT2D eigenvalue weighted by Gasteiger charge is 2.39. The summed E-state index contributed by atoms with van der Waals surface area (Å²) in [5.74, 6) is 0.453. The van der Waals surface area contributed by atoms with Crippen molar-refractivity contribution in [3.63, 3.8) is 0 Å². The Morgan fingerprint density at radius 3 is 2.26 bits per heavy atom. The number of nitrogens with one attached hydrogen (secondary N) is 1. The Hall–Kier alpha value is -4.13. The Balaban J connectivity index is 1.76. The largest absolute Gasteiger partial charge is 0.497 e. The number of hydrogen-bond acceptors (Lipinski definition) is 6. The molecule has 31 heavy (non-hydrogen) atoms. The molecule has 156 valence electrons. The summed E-state index contributed by atoms with van der Waals surface area (Å²) in [4.78, 5) is 31.9. The van der Waals surface area contributed by atoms with Crippen LogP contribution in [0.3, 0.4) is 0 Å². The summed E-state index contributed by atoms with van der Waals surface area (Å²) in [6, 6.07) is 17.8. The smallest absolute Gasteiger partial charge is 0.278 e. The highest BCUT2D eigenvalue weighted by molar-refractivity contribution is 6.36. The highest BCUT2D eigenvalue weighted by atomic mass is 16.5. The summed E-state index contributed by atoms with van der Waals surface area (Å²) in [5.41, 5.74) is 2.53. The van der Waals surface area contributed by atoms with Gasteiger partial charge in [-0.25, -0.2) is 0 Å². The van der Waals surface area contributed by atoms with Crippen molar-refractivity contribution in [1.82, 2.24) is 9.88 Å². The molecule has 0 fully saturated rings. The van der Waals surface area contributed by atoms with E-state index in [0.717, 1.165) is 5.56 Å². The molecule has 1 aromatic heterocycles. The third-order valence-electron chi connectivity index (χ3n) is 5.00. The molecule has 2 aromatic carbocycles. The number of imide groups is 1. The molecule has 0 saturated carbocycles. The molecule has 2 amide bonds. The van der Waals surface area contributed by atoms with Gasteiger partial charge in [0.05, 0.1) is 32.0 Å². The minimum Gasteiger partial charge on any atom is -0.497 e. The molecule has 3 aromatic rings. The Bertz CT molecular complexity index is 1140. The third-order valence-corrected chi connectivity index (χ3v) is 5.00. The minimum atomic E-state index is -0.404. The number of carbonyl (C=O) groups is 2. The fourth-order valence-electron chi connectivity index (χ4n) is 3.41. The molecule has 0 unspecified atom stereocenters. The first kappa shape index (κ1) is 20.2. The number of anilines is 1. The number of hydrogen-bond donors (Lipinski definition) is 1. The lowest BCUT2D eigenvalue weighted by Crippen LogP contribution is -2.32. The molecular weight excluding hydrogens is 394 g/mol. The van der Waals surface area contributed by atoms with Gasteiger partial charge in [0.15, 0.2) is 0 Å². The van der Waals surface area contributed by atoms with Crippen molar-refractivity contribution in [3.8, 4) is 11.5 Å². The van der Waals surface area contributed by atoms with Crippen molar-refractivity contribution < 1.29 is 19.1 Å². The normalized spacial score (nSPS) is 13.5. The zero-order valence-electron chi connectivity index (χ0n) is 17.2. The van der Waals surface area contributed by atoms with Crippen LogP contribution in [0.25, 0.3) is 5.57 Å². The van der Waals surface area contributed by atoms with Crippen LogP contribution in [-0.2, 0) is 16.1 Å². The molecule has 7 nitrogen and oxygen atoms in total. The number of pyridine rings is 1. The van der Waals surface area contributed by atoms with Gasteiger partial charge in [-0.3, -0.25) is 19.5 Å². The molecular formula is C24H21N3O4. The van der Waals surface area contributed by atoms with Crippen LogP contribution in [0.15, 0.2) is 78.8 Å². The predicted octanol–water partition coefficient (Wildman–Crippen LogP) is 3.49. The Labute approximate surface area is 179 Å². The SMILES string of the molecule is COc1ccc(C2=C(Nc3ccccc3OC)C(=O)N(Cc3ccncc3)C2=O)cc1. The van der Waals surface area contributed by atoms with E-state index in [0.29, 0.717) is 28.3 Å². The highest BCUT2D eigenvalue weighted by Crippen LogP contribution is 2.34. The first-order valence-corrected chi connectivity index (χ1v) is 9.66. The van der Waals surface area contributed by atoms with Crippen molar-refractivity contribution in [2.75, 3.05) is 19.5 Å². The summed E-state index contributed by atoms with van der Waals surface area (Å²) >= 11 is 0. The lowest BCUT2D eigenvalue weighted by Gasteiger charge is -2.15. The van der Waals surface area contributed by atoms with Crippen LogP contribution in [0, 0.1) is 0 Å². The molecule has 0 aliphatic carbocycles. The van der Waals surface area contributed by atoms with Crippen LogP contribution in [0.1, 0.15) is 11.1 Å². The van der Waals surface area contributed by atoms with Crippen LogP contribution in [0.5, 0.6) is 11.5 Å². The summed E-state index contributed by atoms with van der Waals surface area (Å²) < 4.78 is 10.6. The number of nitrogens with zero attached hydrogens (tertiary/aromatic N) is 2. The van der Waals surface area contributed by atoms with E-state index in [9.17, 15) is 9.59 Å². The fourth-order valence-corrected chi connectivity index (χ4v) is 3.41. The van der Waals surface area contributed by atoms with E-state index in [4.69, 9.17) is 9.47 Å².